The molecule has 0 radical (unpaired) electrons. The van der Waals surface area contributed by atoms with Crippen LogP contribution >= 0.6 is 11.8 Å². The van der Waals surface area contributed by atoms with E-state index in [1.165, 1.54) is 0 Å². The lowest BCUT2D eigenvalue weighted by atomic mass is 10.2. The number of nitriles is 1. The average molecular weight is 218 g/mol. The Morgan fingerprint density at radius 3 is 3.13 bits per heavy atom. The molecule has 1 amide bonds. The molecule has 0 spiro atoms. The van der Waals surface area contributed by atoms with Crippen LogP contribution in [0.25, 0.3) is 0 Å². The molecular weight excluding hydrogens is 208 g/mol. The third kappa shape index (κ3) is 1.97. The van der Waals surface area contributed by atoms with Crippen LogP contribution in [0.5, 0.6) is 0 Å². The van der Waals surface area contributed by atoms with Crippen LogP contribution in [0.15, 0.2) is 23.1 Å². The number of nitrogens with one attached hydrogen (secondary N) is 1. The second kappa shape index (κ2) is 3.95. The Bertz CT molecular complexity index is 450. The summed E-state index contributed by atoms with van der Waals surface area (Å²) in [5, 5.41) is 12.0. The van der Waals surface area contributed by atoms with Crippen molar-refractivity contribution >= 4 is 23.4 Å². The van der Waals surface area contributed by atoms with E-state index in [4.69, 9.17) is 5.26 Å². The van der Waals surface area contributed by atoms with Crippen LogP contribution in [0.1, 0.15) is 18.9 Å². The molecule has 0 aliphatic carbocycles. The number of amides is 1. The lowest BCUT2D eigenvalue weighted by molar-refractivity contribution is -0.116. The zero-order chi connectivity index (χ0) is 10.8. The first kappa shape index (κ1) is 10.1. The molecular formula is C11H10N2OS. The summed E-state index contributed by atoms with van der Waals surface area (Å²) in [5.74, 6) is -0.0172. The van der Waals surface area contributed by atoms with Crippen LogP contribution in [0.4, 0.5) is 5.69 Å². The first-order valence-electron chi connectivity index (χ1n) is 4.70. The summed E-state index contributed by atoms with van der Waals surface area (Å²) in [6, 6.07) is 7.58. The number of carbonyl (C=O) groups is 1. The Morgan fingerprint density at radius 1 is 1.60 bits per heavy atom. The molecule has 1 aromatic rings. The summed E-state index contributed by atoms with van der Waals surface area (Å²) in [6.45, 7) is 2.01. The van der Waals surface area contributed by atoms with Gasteiger partial charge >= 0.3 is 0 Å². The predicted molar refractivity (Wildman–Crippen MR) is 59.7 cm³/mol. The number of carbonyl (C=O) groups excluding carboxylic acids is 1. The van der Waals surface area contributed by atoms with E-state index in [1.807, 2.05) is 19.1 Å². The number of nitrogens with zero attached hydrogens (tertiary/aromatic N) is 1. The van der Waals surface area contributed by atoms with E-state index in [9.17, 15) is 4.79 Å². The number of hydrogen-bond donors (Lipinski definition) is 1. The highest BCUT2D eigenvalue weighted by Crippen LogP contribution is 2.36. The number of thioether (sulfide) groups is 1. The third-order valence-electron chi connectivity index (χ3n) is 2.21. The van der Waals surface area contributed by atoms with Gasteiger partial charge in [-0.25, -0.2) is 0 Å². The van der Waals surface area contributed by atoms with Gasteiger partial charge in [-0.3, -0.25) is 4.79 Å². The second-order valence-electron chi connectivity index (χ2n) is 3.47. The monoisotopic (exact) mass is 218 g/mol. The number of fused-ring (bicyclic) bond motifs is 1. The van der Waals surface area contributed by atoms with E-state index in [0.717, 1.165) is 4.90 Å². The highest BCUT2D eigenvalue weighted by molar-refractivity contribution is 8.00. The number of hydrogen-bond acceptors (Lipinski definition) is 3. The first-order chi connectivity index (χ1) is 7.20. The highest BCUT2D eigenvalue weighted by atomic mass is 32.2. The zero-order valence-electron chi connectivity index (χ0n) is 8.28. The fourth-order valence-electron chi connectivity index (χ4n) is 1.56. The average Bonchev–Trinajstić information content (AvgIpc) is 2.33. The van der Waals surface area contributed by atoms with Gasteiger partial charge in [0.15, 0.2) is 0 Å². The maximum absolute atomic E-state index is 11.5. The van der Waals surface area contributed by atoms with Crippen LogP contribution in [0.2, 0.25) is 0 Å². The van der Waals surface area contributed by atoms with Crippen LogP contribution in [-0.4, -0.2) is 11.2 Å². The van der Waals surface area contributed by atoms with E-state index in [2.05, 4.69) is 11.4 Å². The largest absolute Gasteiger partial charge is 0.324 e. The molecule has 15 heavy (non-hydrogen) atoms. The van der Waals surface area contributed by atoms with Gasteiger partial charge in [0.25, 0.3) is 0 Å². The van der Waals surface area contributed by atoms with Crippen molar-refractivity contribution in [3.8, 4) is 6.07 Å². The van der Waals surface area contributed by atoms with Crippen molar-refractivity contribution in [3.63, 3.8) is 0 Å². The molecule has 1 heterocycles. The number of anilines is 1. The normalized spacial score (nSPS) is 19.7. The summed E-state index contributed by atoms with van der Waals surface area (Å²) in [7, 11) is 0. The van der Waals surface area contributed by atoms with E-state index < -0.39 is 0 Å². The highest BCUT2D eigenvalue weighted by Gasteiger charge is 2.20. The van der Waals surface area contributed by atoms with E-state index in [1.54, 1.807) is 17.8 Å². The summed E-state index contributed by atoms with van der Waals surface area (Å²) < 4.78 is 0. The maximum atomic E-state index is 11.5. The molecule has 1 atom stereocenters. The maximum Gasteiger partial charge on any atom is 0.225 e. The molecule has 1 unspecified atom stereocenters. The minimum absolute atomic E-state index is 0.0172. The topological polar surface area (TPSA) is 52.9 Å². The Labute approximate surface area is 92.5 Å². The molecule has 0 aromatic heterocycles. The Hall–Kier alpha value is -1.47. The molecule has 1 aliphatic heterocycles. The van der Waals surface area contributed by atoms with Gasteiger partial charge in [0.05, 0.1) is 11.3 Å². The van der Waals surface area contributed by atoms with Crippen molar-refractivity contribution in [1.82, 2.24) is 0 Å². The van der Waals surface area contributed by atoms with Crippen LogP contribution < -0.4 is 5.32 Å². The second-order valence-corrected chi connectivity index (χ2v) is 4.95. The molecule has 1 aliphatic rings. The van der Waals surface area contributed by atoms with E-state index in [0.29, 0.717) is 17.7 Å². The van der Waals surface area contributed by atoms with Gasteiger partial charge in [-0.05, 0) is 12.1 Å². The molecule has 0 fully saturated rings. The molecule has 76 valence electrons. The predicted octanol–water partition coefficient (Wildman–Crippen LogP) is 2.38. The van der Waals surface area contributed by atoms with E-state index in [-0.39, 0.29) is 11.2 Å². The standard InChI is InChI=1S/C11H10N2OS/c1-7-5-10(14)13-11-8(6-12)3-2-4-9(11)15-7/h2-4,7H,5H2,1H3,(H,13,14). The third-order valence-corrected chi connectivity index (χ3v) is 3.38. The lowest BCUT2D eigenvalue weighted by Gasteiger charge is -2.07. The van der Waals surface area contributed by atoms with Crippen molar-refractivity contribution < 1.29 is 4.79 Å². The number of rotatable bonds is 0. The summed E-state index contributed by atoms with van der Waals surface area (Å²) >= 11 is 1.63. The Kier molecular flexibility index (Phi) is 2.65. The fraction of sp³-hybridized carbons (Fsp3) is 0.273. The minimum atomic E-state index is -0.0172. The Balaban J connectivity index is 2.51. The molecule has 0 saturated carbocycles. The molecule has 1 N–H and O–H groups in total. The zero-order valence-corrected chi connectivity index (χ0v) is 9.10. The van der Waals surface area contributed by atoms with Gasteiger partial charge in [0, 0.05) is 16.6 Å². The quantitative estimate of drug-likeness (QED) is 0.727. The van der Waals surface area contributed by atoms with Crippen LogP contribution in [0.3, 0.4) is 0 Å². The SMILES string of the molecule is CC1CC(=O)Nc2c(C#N)cccc2S1. The van der Waals surface area contributed by atoms with Crippen molar-refractivity contribution in [2.45, 2.75) is 23.5 Å². The molecule has 3 nitrogen and oxygen atoms in total. The van der Waals surface area contributed by atoms with Gasteiger partial charge in [0.2, 0.25) is 5.91 Å². The summed E-state index contributed by atoms with van der Waals surface area (Å²) in [6.07, 6.45) is 0.490. The van der Waals surface area contributed by atoms with Crippen LogP contribution in [-0.2, 0) is 4.79 Å². The summed E-state index contributed by atoms with van der Waals surface area (Å²) in [4.78, 5) is 12.5. The molecule has 2 rings (SSSR count). The summed E-state index contributed by atoms with van der Waals surface area (Å²) in [5.41, 5.74) is 1.20. The number of benzene rings is 1. The fourth-order valence-corrected chi connectivity index (χ4v) is 2.67. The minimum Gasteiger partial charge on any atom is -0.324 e. The van der Waals surface area contributed by atoms with Crippen molar-refractivity contribution in [1.29, 1.82) is 5.26 Å². The van der Waals surface area contributed by atoms with Gasteiger partial charge in [0.1, 0.15) is 6.07 Å². The molecule has 4 heteroatoms. The van der Waals surface area contributed by atoms with Crippen LogP contribution in [0, 0.1) is 11.3 Å². The van der Waals surface area contributed by atoms with Gasteiger partial charge < -0.3 is 5.32 Å². The lowest BCUT2D eigenvalue weighted by Crippen LogP contribution is -2.13. The number of para-hydroxylation sites is 1. The van der Waals surface area contributed by atoms with Gasteiger partial charge in [-0.15, -0.1) is 11.8 Å². The molecule has 1 aromatic carbocycles. The molecule has 0 saturated heterocycles. The Morgan fingerprint density at radius 2 is 2.40 bits per heavy atom. The van der Waals surface area contributed by atoms with Crippen molar-refractivity contribution in [2.24, 2.45) is 0 Å². The van der Waals surface area contributed by atoms with Gasteiger partial charge in [-0.1, -0.05) is 13.0 Å². The smallest absolute Gasteiger partial charge is 0.225 e. The first-order valence-corrected chi connectivity index (χ1v) is 5.58. The van der Waals surface area contributed by atoms with Gasteiger partial charge in [-0.2, -0.15) is 5.26 Å². The molecule has 0 bridgehead atoms. The van der Waals surface area contributed by atoms with Crippen molar-refractivity contribution in [3.05, 3.63) is 23.8 Å². The van der Waals surface area contributed by atoms with Crippen molar-refractivity contribution in [2.75, 3.05) is 5.32 Å². The van der Waals surface area contributed by atoms with E-state index >= 15 is 0 Å².